The monoisotopic (exact) mass is 286 g/mol. The summed E-state index contributed by atoms with van der Waals surface area (Å²) in [7, 11) is 1.39. The Labute approximate surface area is 112 Å². The van der Waals surface area contributed by atoms with Crippen molar-refractivity contribution in [1.29, 1.82) is 0 Å². The molecule has 104 valence electrons. The van der Waals surface area contributed by atoms with E-state index in [2.05, 4.69) is 20.8 Å². The maximum atomic E-state index is 11.6. The molecule has 0 fully saturated rings. The highest BCUT2D eigenvalue weighted by Crippen LogP contribution is 2.18. The number of carbonyl (C=O) groups excluding carboxylic acids is 2. The van der Waals surface area contributed by atoms with Crippen molar-refractivity contribution < 1.29 is 9.59 Å². The SMILES string of the molecule is CNC(=O)NC(=O)[C@@H](C)Sc1nnc(C)c(=O)n1N. The summed E-state index contributed by atoms with van der Waals surface area (Å²) in [5.74, 6) is 5.00. The molecule has 0 aliphatic heterocycles. The minimum atomic E-state index is -0.663. The number of amides is 3. The van der Waals surface area contributed by atoms with Crippen LogP contribution in [0.3, 0.4) is 0 Å². The van der Waals surface area contributed by atoms with Gasteiger partial charge in [0.15, 0.2) is 0 Å². The lowest BCUT2D eigenvalue weighted by molar-refractivity contribution is -0.119. The minimum absolute atomic E-state index is 0.0927. The first-order chi connectivity index (χ1) is 8.86. The van der Waals surface area contributed by atoms with Crippen LogP contribution in [0.2, 0.25) is 0 Å². The zero-order valence-electron chi connectivity index (χ0n) is 10.6. The third-order valence-corrected chi connectivity index (χ3v) is 3.19. The Hall–Kier alpha value is -2.10. The third-order valence-electron chi connectivity index (χ3n) is 2.14. The molecule has 0 radical (unpaired) electrons. The summed E-state index contributed by atoms with van der Waals surface area (Å²) in [6, 6.07) is -0.613. The second kappa shape index (κ2) is 6.18. The summed E-state index contributed by atoms with van der Waals surface area (Å²) in [4.78, 5) is 34.1. The molecule has 0 aliphatic carbocycles. The lowest BCUT2D eigenvalue weighted by atomic mass is 10.4. The van der Waals surface area contributed by atoms with E-state index in [4.69, 9.17) is 5.84 Å². The number of nitrogens with zero attached hydrogens (tertiary/aromatic N) is 3. The zero-order chi connectivity index (χ0) is 14.6. The first kappa shape index (κ1) is 15.0. The van der Waals surface area contributed by atoms with Crippen LogP contribution in [0.1, 0.15) is 12.6 Å². The summed E-state index contributed by atoms with van der Waals surface area (Å²) < 4.78 is 0.816. The van der Waals surface area contributed by atoms with E-state index >= 15 is 0 Å². The van der Waals surface area contributed by atoms with Crippen LogP contribution < -0.4 is 22.0 Å². The highest BCUT2D eigenvalue weighted by molar-refractivity contribution is 8.00. The Kier molecular flexibility index (Phi) is 4.87. The second-order valence-electron chi connectivity index (χ2n) is 3.57. The van der Waals surface area contributed by atoms with Crippen LogP contribution in [0.25, 0.3) is 0 Å². The smallest absolute Gasteiger partial charge is 0.321 e. The number of urea groups is 1. The first-order valence-corrected chi connectivity index (χ1v) is 6.15. The highest BCUT2D eigenvalue weighted by atomic mass is 32.2. The van der Waals surface area contributed by atoms with Crippen molar-refractivity contribution in [3.8, 4) is 0 Å². The van der Waals surface area contributed by atoms with Gasteiger partial charge in [0.25, 0.3) is 5.56 Å². The number of nitrogens with two attached hydrogens (primary N) is 1. The van der Waals surface area contributed by atoms with Gasteiger partial charge in [-0.2, -0.15) is 4.68 Å². The van der Waals surface area contributed by atoms with E-state index in [1.807, 2.05) is 0 Å². The van der Waals surface area contributed by atoms with Crippen molar-refractivity contribution in [1.82, 2.24) is 25.5 Å². The number of nitrogen functional groups attached to an aromatic ring is 1. The molecule has 0 spiro atoms. The Bertz CT molecular complexity index is 557. The van der Waals surface area contributed by atoms with Crippen LogP contribution in [0.15, 0.2) is 9.95 Å². The van der Waals surface area contributed by atoms with E-state index in [0.717, 1.165) is 16.4 Å². The van der Waals surface area contributed by atoms with Crippen LogP contribution in [0.4, 0.5) is 4.79 Å². The molecule has 1 rings (SSSR count). The Balaban J connectivity index is 2.80. The molecule has 19 heavy (non-hydrogen) atoms. The predicted molar refractivity (Wildman–Crippen MR) is 69.1 cm³/mol. The highest BCUT2D eigenvalue weighted by Gasteiger charge is 2.19. The van der Waals surface area contributed by atoms with E-state index in [1.54, 1.807) is 6.92 Å². The Morgan fingerprint density at radius 2 is 2.05 bits per heavy atom. The van der Waals surface area contributed by atoms with Crippen LogP contribution >= 0.6 is 11.8 Å². The van der Waals surface area contributed by atoms with Crippen LogP contribution in [0, 0.1) is 6.92 Å². The number of hydrogen-bond acceptors (Lipinski definition) is 7. The average molecular weight is 286 g/mol. The molecule has 0 aromatic carbocycles. The molecule has 1 atom stereocenters. The molecule has 1 aromatic rings. The molecule has 9 nitrogen and oxygen atoms in total. The molecule has 0 saturated carbocycles. The number of aryl methyl sites for hydroxylation is 1. The molecular weight excluding hydrogens is 272 g/mol. The van der Waals surface area contributed by atoms with Gasteiger partial charge in [-0.25, -0.2) is 4.79 Å². The predicted octanol–water partition coefficient (Wildman–Crippen LogP) is -1.40. The molecule has 0 bridgehead atoms. The van der Waals surface area contributed by atoms with Gasteiger partial charge in [0.05, 0.1) is 5.25 Å². The van der Waals surface area contributed by atoms with Gasteiger partial charge in [0.1, 0.15) is 5.69 Å². The fraction of sp³-hybridized carbons (Fsp3) is 0.444. The van der Waals surface area contributed by atoms with Gasteiger partial charge in [-0.15, -0.1) is 10.2 Å². The Morgan fingerprint density at radius 3 is 2.63 bits per heavy atom. The minimum Gasteiger partial charge on any atom is -0.341 e. The van der Waals surface area contributed by atoms with Crippen LogP contribution in [-0.2, 0) is 4.79 Å². The Morgan fingerprint density at radius 1 is 1.42 bits per heavy atom. The van der Waals surface area contributed by atoms with Crippen LogP contribution in [0.5, 0.6) is 0 Å². The first-order valence-electron chi connectivity index (χ1n) is 5.27. The van der Waals surface area contributed by atoms with E-state index in [1.165, 1.54) is 14.0 Å². The molecule has 1 aromatic heterocycles. The zero-order valence-corrected chi connectivity index (χ0v) is 11.4. The molecule has 0 aliphatic rings. The maximum Gasteiger partial charge on any atom is 0.321 e. The van der Waals surface area contributed by atoms with Gasteiger partial charge < -0.3 is 11.2 Å². The number of thioether (sulfide) groups is 1. The molecule has 3 amide bonds. The van der Waals surface area contributed by atoms with Gasteiger partial charge in [-0.3, -0.25) is 14.9 Å². The van der Waals surface area contributed by atoms with Crippen molar-refractivity contribution in [2.75, 3.05) is 12.9 Å². The second-order valence-corrected chi connectivity index (χ2v) is 4.88. The molecule has 0 saturated heterocycles. The van der Waals surface area contributed by atoms with Gasteiger partial charge in [-0.1, -0.05) is 11.8 Å². The number of imide groups is 1. The van der Waals surface area contributed by atoms with Gasteiger partial charge >= 0.3 is 6.03 Å². The summed E-state index contributed by atoms with van der Waals surface area (Å²) in [6.45, 7) is 3.03. The number of nitrogens with one attached hydrogen (secondary N) is 2. The maximum absolute atomic E-state index is 11.6. The van der Waals surface area contributed by atoms with Crippen molar-refractivity contribution in [3.05, 3.63) is 16.0 Å². The fourth-order valence-electron chi connectivity index (χ4n) is 1.04. The molecule has 4 N–H and O–H groups in total. The summed E-state index contributed by atoms with van der Waals surface area (Å²) >= 11 is 0.926. The lowest BCUT2D eigenvalue weighted by Crippen LogP contribution is -2.41. The number of aromatic nitrogens is 3. The summed E-state index contributed by atoms with van der Waals surface area (Å²) in [6.07, 6.45) is 0. The normalized spacial score (nSPS) is 11.7. The van der Waals surface area contributed by atoms with Gasteiger partial charge in [0, 0.05) is 7.05 Å². The molecule has 1 heterocycles. The van der Waals surface area contributed by atoms with E-state index in [0.29, 0.717) is 0 Å². The van der Waals surface area contributed by atoms with Crippen molar-refractivity contribution in [3.63, 3.8) is 0 Å². The van der Waals surface area contributed by atoms with Crippen molar-refractivity contribution in [2.24, 2.45) is 0 Å². The van der Waals surface area contributed by atoms with Crippen molar-refractivity contribution in [2.45, 2.75) is 24.3 Å². The topological polar surface area (TPSA) is 132 Å². The molecular formula is C9H14N6O3S. The van der Waals surface area contributed by atoms with E-state index in [-0.39, 0.29) is 10.9 Å². The van der Waals surface area contributed by atoms with Gasteiger partial charge in [0.2, 0.25) is 11.1 Å². The largest absolute Gasteiger partial charge is 0.341 e. The van der Waals surface area contributed by atoms with E-state index < -0.39 is 22.7 Å². The van der Waals surface area contributed by atoms with E-state index in [9.17, 15) is 14.4 Å². The van der Waals surface area contributed by atoms with Gasteiger partial charge in [-0.05, 0) is 13.8 Å². The number of carbonyl (C=O) groups is 2. The molecule has 0 unspecified atom stereocenters. The summed E-state index contributed by atoms with van der Waals surface area (Å²) in [5.41, 5.74) is -0.328. The third kappa shape index (κ3) is 3.68. The number of hydrogen-bond donors (Lipinski definition) is 3. The average Bonchev–Trinajstić information content (AvgIpc) is 2.39. The molecule has 10 heteroatoms. The standard InChI is InChI=1S/C9H14N6O3S/c1-4-7(17)15(10)9(14-13-4)19-5(2)6(16)12-8(18)11-3/h5H,10H2,1-3H3,(H2,11,12,16,18)/t5-/m1/s1. The quantitative estimate of drug-likeness (QED) is 0.459. The number of rotatable bonds is 3. The van der Waals surface area contributed by atoms with Crippen LogP contribution in [-0.4, -0.2) is 39.1 Å². The van der Waals surface area contributed by atoms with Crippen molar-refractivity contribution >= 4 is 23.7 Å². The fourth-order valence-corrected chi connectivity index (χ4v) is 1.80. The summed E-state index contributed by atoms with van der Waals surface area (Å²) in [5, 5.41) is 11.2. The lowest BCUT2D eigenvalue weighted by Gasteiger charge is -2.11.